The second-order valence-corrected chi connectivity index (χ2v) is 6.99. The Morgan fingerprint density at radius 3 is 2.52 bits per heavy atom. The third kappa shape index (κ3) is 4.03. The highest BCUT2D eigenvalue weighted by Gasteiger charge is 2.37. The van der Waals surface area contributed by atoms with E-state index >= 15 is 0 Å². The fourth-order valence-electron chi connectivity index (χ4n) is 2.47. The molecule has 7 heteroatoms. The quantitative estimate of drug-likeness (QED) is 0.746. The van der Waals surface area contributed by atoms with E-state index < -0.39 is 10.0 Å². The molecule has 0 saturated heterocycles. The van der Waals surface area contributed by atoms with Crippen molar-refractivity contribution < 1.29 is 17.9 Å². The molecule has 116 valence electrons. The summed E-state index contributed by atoms with van der Waals surface area (Å²) in [5.74, 6) is -0.572. The van der Waals surface area contributed by atoms with Gasteiger partial charge in [-0.25, -0.2) is 13.1 Å². The van der Waals surface area contributed by atoms with Gasteiger partial charge in [-0.15, -0.1) is 0 Å². The maximum Gasteiger partial charge on any atom is 0.308 e. The van der Waals surface area contributed by atoms with Crippen LogP contribution in [-0.2, 0) is 31.9 Å². The zero-order valence-electron chi connectivity index (χ0n) is 11.9. The molecular weight excluding hydrogens is 292 g/mol. The van der Waals surface area contributed by atoms with Crippen LogP contribution in [0.4, 0.5) is 0 Å². The maximum absolute atomic E-state index is 12.1. The zero-order chi connectivity index (χ0) is 15.5. The first-order valence-corrected chi connectivity index (χ1v) is 8.45. The van der Waals surface area contributed by atoms with Gasteiger partial charge in [-0.1, -0.05) is 24.3 Å². The van der Waals surface area contributed by atoms with Crippen molar-refractivity contribution in [3.8, 4) is 0 Å². The first kappa shape index (κ1) is 15.9. The van der Waals surface area contributed by atoms with Crippen LogP contribution in [0.3, 0.4) is 0 Å². The van der Waals surface area contributed by atoms with Gasteiger partial charge in [0.05, 0.1) is 18.8 Å². The Hall–Kier alpha value is -1.44. The predicted molar refractivity (Wildman–Crippen MR) is 78.6 cm³/mol. The van der Waals surface area contributed by atoms with Gasteiger partial charge in [0.1, 0.15) is 0 Å². The van der Waals surface area contributed by atoms with Crippen molar-refractivity contribution in [3.05, 3.63) is 35.4 Å². The molecule has 0 amide bonds. The van der Waals surface area contributed by atoms with Crippen LogP contribution < -0.4 is 10.5 Å². The second-order valence-electron chi connectivity index (χ2n) is 5.24. The summed E-state index contributed by atoms with van der Waals surface area (Å²) in [6.45, 7) is 0.305. The molecule has 6 nitrogen and oxygen atoms in total. The summed E-state index contributed by atoms with van der Waals surface area (Å²) in [6, 6.07) is 7.02. The number of ether oxygens (including phenoxy) is 1. The van der Waals surface area contributed by atoms with Gasteiger partial charge in [0, 0.05) is 12.6 Å². The largest absolute Gasteiger partial charge is 0.469 e. The van der Waals surface area contributed by atoms with E-state index in [1.165, 1.54) is 7.11 Å². The summed E-state index contributed by atoms with van der Waals surface area (Å²) in [6.07, 6.45) is 0.981. The van der Waals surface area contributed by atoms with Gasteiger partial charge in [-0.3, -0.25) is 4.79 Å². The fraction of sp³-hybridized carbons (Fsp3) is 0.500. The lowest BCUT2D eigenvalue weighted by molar-refractivity contribution is -0.148. The smallest absolute Gasteiger partial charge is 0.308 e. The minimum atomic E-state index is -3.44. The van der Waals surface area contributed by atoms with Crippen LogP contribution in [-0.4, -0.2) is 27.5 Å². The molecule has 1 aromatic rings. The van der Waals surface area contributed by atoms with Crippen molar-refractivity contribution in [3.63, 3.8) is 0 Å². The second kappa shape index (κ2) is 6.55. The van der Waals surface area contributed by atoms with Gasteiger partial charge >= 0.3 is 5.97 Å². The number of rotatable bonds is 6. The van der Waals surface area contributed by atoms with E-state index in [1.54, 1.807) is 12.1 Å². The predicted octanol–water partition coefficient (Wildman–Crippen LogP) is 0.516. The molecule has 1 saturated carbocycles. The van der Waals surface area contributed by atoms with E-state index in [0.717, 1.165) is 5.56 Å². The van der Waals surface area contributed by atoms with Crippen molar-refractivity contribution in [2.24, 2.45) is 11.7 Å². The third-order valence-corrected chi connectivity index (χ3v) is 5.09. The Kier molecular flexibility index (Phi) is 4.97. The van der Waals surface area contributed by atoms with E-state index in [9.17, 15) is 13.2 Å². The van der Waals surface area contributed by atoms with Crippen LogP contribution in [0.15, 0.2) is 24.3 Å². The van der Waals surface area contributed by atoms with Gasteiger partial charge in [0.15, 0.2) is 0 Å². The number of benzene rings is 1. The van der Waals surface area contributed by atoms with Crippen LogP contribution in [0.25, 0.3) is 0 Å². The van der Waals surface area contributed by atoms with E-state index in [-0.39, 0.29) is 23.7 Å². The van der Waals surface area contributed by atoms with Crippen LogP contribution in [0.2, 0.25) is 0 Å². The molecule has 21 heavy (non-hydrogen) atoms. The molecular formula is C14H20N2O4S. The number of hydrogen-bond donors (Lipinski definition) is 2. The normalized spacial score (nSPS) is 21.6. The molecule has 0 aliphatic heterocycles. The van der Waals surface area contributed by atoms with E-state index in [0.29, 0.717) is 24.9 Å². The van der Waals surface area contributed by atoms with Crippen molar-refractivity contribution >= 4 is 16.0 Å². The molecule has 2 rings (SSSR count). The highest BCUT2D eigenvalue weighted by molar-refractivity contribution is 7.88. The number of methoxy groups -OCH3 is 1. The molecule has 0 spiro atoms. The van der Waals surface area contributed by atoms with E-state index in [4.69, 9.17) is 5.73 Å². The summed E-state index contributed by atoms with van der Waals surface area (Å²) in [5.41, 5.74) is 7.14. The number of esters is 1. The summed E-state index contributed by atoms with van der Waals surface area (Å²) >= 11 is 0. The Balaban J connectivity index is 1.93. The zero-order valence-corrected chi connectivity index (χ0v) is 12.7. The van der Waals surface area contributed by atoms with E-state index in [2.05, 4.69) is 9.46 Å². The Morgan fingerprint density at radius 2 is 1.95 bits per heavy atom. The van der Waals surface area contributed by atoms with Crippen molar-refractivity contribution in [2.75, 3.05) is 7.11 Å². The molecule has 1 aromatic carbocycles. The Morgan fingerprint density at radius 1 is 1.33 bits per heavy atom. The number of carbonyl (C=O) groups excluding carboxylic acids is 1. The lowest BCUT2D eigenvalue weighted by atomic mass is 9.81. The maximum atomic E-state index is 12.1. The minimum absolute atomic E-state index is 0.0975. The average molecular weight is 312 g/mol. The molecule has 3 N–H and O–H groups in total. The number of sulfonamides is 1. The monoisotopic (exact) mass is 312 g/mol. The first-order chi connectivity index (χ1) is 9.95. The number of carbonyl (C=O) groups is 1. The summed E-state index contributed by atoms with van der Waals surface area (Å²) in [7, 11) is -2.10. The summed E-state index contributed by atoms with van der Waals surface area (Å²) in [5, 5.41) is 0. The Labute approximate surface area is 124 Å². The average Bonchev–Trinajstić information content (AvgIpc) is 2.42. The lowest BCUT2D eigenvalue weighted by Crippen LogP contribution is -2.47. The molecule has 0 radical (unpaired) electrons. The lowest BCUT2D eigenvalue weighted by Gasteiger charge is -2.33. The number of nitrogens with two attached hydrogens (primary N) is 1. The van der Waals surface area contributed by atoms with Gasteiger partial charge in [0.25, 0.3) is 0 Å². The van der Waals surface area contributed by atoms with Crippen LogP contribution in [0.1, 0.15) is 24.0 Å². The molecule has 0 aromatic heterocycles. The Bertz CT molecular complexity index is 609. The van der Waals surface area contributed by atoms with Gasteiger partial charge in [-0.2, -0.15) is 0 Å². The van der Waals surface area contributed by atoms with E-state index in [1.807, 2.05) is 12.1 Å². The summed E-state index contributed by atoms with van der Waals surface area (Å²) in [4.78, 5) is 11.3. The van der Waals surface area contributed by atoms with Crippen LogP contribution >= 0.6 is 0 Å². The van der Waals surface area contributed by atoms with Crippen molar-refractivity contribution in [2.45, 2.75) is 31.2 Å². The molecule has 0 atom stereocenters. The molecule has 1 aliphatic carbocycles. The van der Waals surface area contributed by atoms with Gasteiger partial charge < -0.3 is 10.5 Å². The van der Waals surface area contributed by atoms with Crippen LogP contribution in [0.5, 0.6) is 0 Å². The first-order valence-electron chi connectivity index (χ1n) is 6.80. The highest BCUT2D eigenvalue weighted by Crippen LogP contribution is 2.29. The van der Waals surface area contributed by atoms with Crippen molar-refractivity contribution in [1.82, 2.24) is 4.72 Å². The SMILES string of the molecule is COC(=O)C1CC(NS(=O)(=O)Cc2ccccc2CN)C1. The highest BCUT2D eigenvalue weighted by atomic mass is 32.2. The standard InChI is InChI=1S/C14H20N2O4S/c1-20-14(17)12-6-13(7-12)16-21(18,19)9-11-5-3-2-4-10(11)8-15/h2-5,12-13,16H,6-9,15H2,1H3. The van der Waals surface area contributed by atoms with Gasteiger partial charge in [-0.05, 0) is 24.0 Å². The fourth-order valence-corrected chi connectivity index (χ4v) is 3.95. The van der Waals surface area contributed by atoms with Gasteiger partial charge in [0.2, 0.25) is 10.0 Å². The van der Waals surface area contributed by atoms with Crippen LogP contribution in [0, 0.1) is 5.92 Å². The molecule has 1 aliphatic rings. The number of hydrogen-bond acceptors (Lipinski definition) is 5. The third-order valence-electron chi connectivity index (χ3n) is 3.70. The molecule has 0 unspecified atom stereocenters. The molecule has 0 heterocycles. The summed E-state index contributed by atoms with van der Waals surface area (Å²) < 4.78 is 31.6. The molecule has 0 bridgehead atoms. The topological polar surface area (TPSA) is 98.5 Å². The minimum Gasteiger partial charge on any atom is -0.469 e. The van der Waals surface area contributed by atoms with Crippen molar-refractivity contribution in [1.29, 1.82) is 0 Å². The number of nitrogens with one attached hydrogen (secondary N) is 1. The molecule has 1 fully saturated rings.